The number of halogens is 2. The van der Waals surface area contributed by atoms with Gasteiger partial charge in [-0.25, -0.2) is 0 Å². The van der Waals surface area contributed by atoms with Gasteiger partial charge in [0.25, 0.3) is 0 Å². The monoisotopic (exact) mass is 682 g/mol. The van der Waals surface area contributed by atoms with Gasteiger partial charge in [0.2, 0.25) is 0 Å². The van der Waals surface area contributed by atoms with E-state index in [0.717, 1.165) is 16.3 Å². The first-order valence-corrected chi connectivity index (χ1v) is 19.2. The summed E-state index contributed by atoms with van der Waals surface area (Å²) in [5, 5.41) is 28.1. The fraction of sp³-hybridized carbons (Fsp3) is 0.128. The maximum atomic E-state index is 13.0. The van der Waals surface area contributed by atoms with Crippen molar-refractivity contribution in [1.82, 2.24) is 0 Å². The molecule has 1 aliphatic heterocycles. The van der Waals surface area contributed by atoms with Crippen molar-refractivity contribution in [2.24, 2.45) is 0 Å². The summed E-state index contributed by atoms with van der Waals surface area (Å²) in [4.78, 5) is 0. The minimum atomic E-state index is -1.68. The number of hydrogen-bond acceptors (Lipinski definition) is 4. The Labute approximate surface area is 285 Å². The fourth-order valence-corrected chi connectivity index (χ4v) is 6.44. The molecule has 0 saturated carbocycles. The molecule has 230 valence electrons. The van der Waals surface area contributed by atoms with Crippen molar-refractivity contribution in [3.05, 3.63) is 192 Å². The van der Waals surface area contributed by atoms with E-state index < -0.39 is 46.7 Å². The van der Waals surface area contributed by atoms with Crippen LogP contribution in [-0.4, -0.2) is 22.4 Å². The molecule has 2 atom stereocenters. The normalized spacial score (nSPS) is 16.9. The fourth-order valence-electron chi connectivity index (χ4n) is 6.44. The van der Waals surface area contributed by atoms with Crippen LogP contribution < -0.4 is 0 Å². The number of hydrogen-bond donors (Lipinski definition) is 2. The van der Waals surface area contributed by atoms with E-state index in [1.807, 2.05) is 152 Å². The van der Waals surface area contributed by atoms with Gasteiger partial charge in [-0.2, -0.15) is 0 Å². The Kier molecular flexibility index (Phi) is 10.4. The average Bonchev–Trinajstić information content (AvgIpc) is 3.59. The molecule has 2 N–H and O–H groups in total. The van der Waals surface area contributed by atoms with Crippen LogP contribution >= 0.6 is 18.6 Å². The van der Waals surface area contributed by atoms with Crippen molar-refractivity contribution >= 4 is 29.4 Å². The van der Waals surface area contributed by atoms with Gasteiger partial charge in [0.15, 0.2) is 6.29 Å². The summed E-state index contributed by atoms with van der Waals surface area (Å²) in [5.41, 5.74) is 0.0404. The first kappa shape index (κ1) is 32.6. The van der Waals surface area contributed by atoms with E-state index in [0.29, 0.717) is 22.3 Å². The average molecular weight is 683 g/mol. The molecule has 4 nitrogen and oxygen atoms in total. The molecule has 1 fully saturated rings. The second kappa shape index (κ2) is 14.6. The van der Waals surface area contributed by atoms with Crippen molar-refractivity contribution in [3.63, 3.8) is 0 Å². The van der Waals surface area contributed by atoms with Crippen LogP contribution in [0, 0.1) is 0 Å². The summed E-state index contributed by atoms with van der Waals surface area (Å²) in [6, 6.07) is 52.1. The quantitative estimate of drug-likeness (QED) is 0.165. The van der Waals surface area contributed by atoms with Crippen LogP contribution in [0.25, 0.3) is 10.8 Å². The van der Waals surface area contributed by atoms with Crippen molar-refractivity contribution in [2.75, 3.05) is 0 Å². The third-order valence-electron chi connectivity index (χ3n) is 8.57. The van der Waals surface area contributed by atoms with Gasteiger partial charge in [-0.05, 0) is 33.0 Å². The van der Waals surface area contributed by atoms with Gasteiger partial charge < -0.3 is 19.7 Å². The molecule has 0 spiro atoms. The molecule has 0 aromatic heterocycles. The minimum absolute atomic E-state index is 0.556. The second-order valence-corrected chi connectivity index (χ2v) is 13.7. The van der Waals surface area contributed by atoms with Crippen LogP contribution in [0.1, 0.15) is 34.1 Å². The summed E-state index contributed by atoms with van der Waals surface area (Å²) >= 11 is -0.556. The second-order valence-electron chi connectivity index (χ2n) is 11.1. The molecule has 7 rings (SSSR count). The summed E-state index contributed by atoms with van der Waals surface area (Å²) in [7, 11) is 9.78. The predicted molar refractivity (Wildman–Crippen MR) is 180 cm³/mol. The van der Waals surface area contributed by atoms with Crippen molar-refractivity contribution in [2.45, 2.75) is 29.7 Å². The topological polar surface area (TPSA) is 58.9 Å². The summed E-state index contributed by atoms with van der Waals surface area (Å²) in [5.74, 6) is 0. The summed E-state index contributed by atoms with van der Waals surface area (Å²) < 4.78 is 13.8. The maximum absolute atomic E-state index is 13.0. The van der Waals surface area contributed by atoms with Crippen LogP contribution in [0.2, 0.25) is 0 Å². The van der Waals surface area contributed by atoms with Gasteiger partial charge >= 0.3 is 35.6 Å². The standard InChI is InChI=1S/C39H32O4.2ClH.Ti/c40-38(29-18-5-1-6-19-29,30-20-7-2-8-21-30)35-36(39(41,31-22-9-3-10-23-31)32-24-11-4-12-25-32)43-37(42-35)34-27-15-17-28-16-13-14-26-33(28)34;;;/h1-27,35-37,40-41H;2*1H;/q;;;+2/p-2/t35-,36-;;;/m1.../s1. The van der Waals surface area contributed by atoms with E-state index in [-0.39, 0.29) is 0 Å². The van der Waals surface area contributed by atoms with Crippen molar-refractivity contribution in [3.8, 4) is 0 Å². The van der Waals surface area contributed by atoms with E-state index in [1.54, 1.807) is 0 Å². The molecule has 6 aromatic carbocycles. The van der Waals surface area contributed by atoms with Gasteiger partial charge in [-0.3, -0.25) is 0 Å². The van der Waals surface area contributed by atoms with Crippen LogP contribution in [0.4, 0.5) is 0 Å². The molecule has 0 amide bonds. The molecular weight excluding hydrogens is 651 g/mol. The number of rotatable bonds is 7. The summed E-state index contributed by atoms with van der Waals surface area (Å²) in [6.07, 6.45) is -2.91. The third kappa shape index (κ3) is 6.21. The molecule has 1 aliphatic rings. The SMILES string of the molecule is OC(c1ccccc1)(c1ccccc1)[C@@H]1OC(c2cccc3ccccc23)O[C@H]1C(O)(c1ccccc1)c1ccccc1.[Cl][Ti][Cl]. The van der Waals surface area contributed by atoms with E-state index >= 15 is 0 Å². The molecule has 0 unspecified atom stereocenters. The predicted octanol–water partition coefficient (Wildman–Crippen LogP) is 8.87. The molecule has 46 heavy (non-hydrogen) atoms. The number of ether oxygens (including phenoxy) is 2. The Bertz CT molecular complexity index is 1660. The number of aliphatic hydroxyl groups is 2. The Hall–Kier alpha value is -3.29. The molecule has 6 aromatic rings. The molecule has 1 heterocycles. The first-order valence-electron chi connectivity index (χ1n) is 14.9. The molecule has 0 radical (unpaired) electrons. The van der Waals surface area contributed by atoms with Crippen molar-refractivity contribution < 1.29 is 36.7 Å². The third-order valence-corrected chi connectivity index (χ3v) is 8.57. The Balaban J connectivity index is 0.00000119. The van der Waals surface area contributed by atoms with Gasteiger partial charge in [0.1, 0.15) is 23.4 Å². The Morgan fingerprint density at radius 1 is 0.457 bits per heavy atom. The van der Waals surface area contributed by atoms with Crippen LogP contribution in [0.3, 0.4) is 0 Å². The van der Waals surface area contributed by atoms with Gasteiger partial charge in [-0.1, -0.05) is 164 Å². The van der Waals surface area contributed by atoms with E-state index in [1.165, 1.54) is 0 Å². The molecular formula is C39H32Cl2O4Ti. The number of benzene rings is 6. The van der Waals surface area contributed by atoms with E-state index in [4.69, 9.17) is 28.1 Å². The zero-order chi connectivity index (χ0) is 32.0. The van der Waals surface area contributed by atoms with Crippen LogP contribution in [0.5, 0.6) is 0 Å². The zero-order valence-electron chi connectivity index (χ0n) is 24.8. The van der Waals surface area contributed by atoms with Gasteiger partial charge in [0, 0.05) is 5.56 Å². The van der Waals surface area contributed by atoms with Crippen LogP contribution in [-0.2, 0) is 37.7 Å². The van der Waals surface area contributed by atoms with Crippen molar-refractivity contribution in [1.29, 1.82) is 0 Å². The molecule has 1 saturated heterocycles. The van der Waals surface area contributed by atoms with Gasteiger partial charge in [-0.15, -0.1) is 0 Å². The van der Waals surface area contributed by atoms with E-state index in [2.05, 4.69) is 12.1 Å². The Morgan fingerprint density at radius 2 is 0.783 bits per heavy atom. The first-order chi connectivity index (χ1) is 22.5. The summed E-state index contributed by atoms with van der Waals surface area (Å²) in [6.45, 7) is 0. The molecule has 0 aliphatic carbocycles. The van der Waals surface area contributed by atoms with Gasteiger partial charge in [0.05, 0.1) is 0 Å². The van der Waals surface area contributed by atoms with Crippen LogP contribution in [0.15, 0.2) is 164 Å². The number of fused-ring (bicyclic) bond motifs is 1. The molecule has 0 bridgehead atoms. The Morgan fingerprint density at radius 3 is 1.17 bits per heavy atom. The van der Waals surface area contributed by atoms with E-state index in [9.17, 15) is 10.2 Å². The molecule has 7 heteroatoms. The zero-order valence-corrected chi connectivity index (χ0v) is 27.9.